The molecule has 0 aliphatic rings. The monoisotopic (exact) mass is 302 g/mol. The molecule has 1 aromatic rings. The van der Waals surface area contributed by atoms with E-state index in [2.05, 4.69) is 10.4 Å². The van der Waals surface area contributed by atoms with Crippen LogP contribution in [-0.4, -0.2) is 52.6 Å². The van der Waals surface area contributed by atoms with Crippen LogP contribution in [0.2, 0.25) is 5.02 Å². The maximum Gasteiger partial charge on any atom is 0.287 e. The molecule has 0 bridgehead atoms. The fourth-order valence-corrected chi connectivity index (χ4v) is 1.91. The van der Waals surface area contributed by atoms with Crippen molar-refractivity contribution in [2.75, 3.05) is 32.6 Å². The van der Waals surface area contributed by atoms with E-state index >= 15 is 0 Å². The number of nitrogens with zero attached hydrogens (tertiary/aromatic N) is 3. The first-order valence-electron chi connectivity index (χ1n) is 6.56. The van der Waals surface area contributed by atoms with Gasteiger partial charge in [0.25, 0.3) is 5.56 Å². The van der Waals surface area contributed by atoms with Crippen molar-refractivity contribution in [2.24, 2.45) is 0 Å². The third-order valence-corrected chi connectivity index (χ3v) is 3.32. The Balaban J connectivity index is 2.92. The molecule has 7 heteroatoms. The number of anilines is 1. The van der Waals surface area contributed by atoms with Crippen LogP contribution in [0.3, 0.4) is 0 Å². The van der Waals surface area contributed by atoms with Gasteiger partial charge in [0.05, 0.1) is 18.4 Å². The van der Waals surface area contributed by atoms with E-state index in [9.17, 15) is 4.79 Å². The van der Waals surface area contributed by atoms with Crippen LogP contribution < -0.4 is 10.9 Å². The number of halogens is 1. The molecule has 20 heavy (non-hydrogen) atoms. The Labute approximate surface area is 124 Å². The van der Waals surface area contributed by atoms with E-state index in [1.54, 1.807) is 6.20 Å². The van der Waals surface area contributed by atoms with Crippen molar-refractivity contribution in [1.29, 1.82) is 0 Å². The number of aliphatic hydroxyl groups excluding tert-OH is 1. The second-order valence-electron chi connectivity index (χ2n) is 5.69. The maximum atomic E-state index is 12.1. The van der Waals surface area contributed by atoms with Crippen LogP contribution in [0.15, 0.2) is 11.0 Å². The van der Waals surface area contributed by atoms with E-state index in [4.69, 9.17) is 16.7 Å². The molecule has 1 rings (SSSR count). The molecule has 0 aliphatic carbocycles. The molecule has 0 saturated carbocycles. The predicted molar refractivity (Wildman–Crippen MR) is 81.5 cm³/mol. The molecule has 2 N–H and O–H groups in total. The van der Waals surface area contributed by atoms with Crippen LogP contribution in [-0.2, 0) is 6.54 Å². The van der Waals surface area contributed by atoms with Crippen molar-refractivity contribution < 1.29 is 5.11 Å². The quantitative estimate of drug-likeness (QED) is 0.787. The minimum atomic E-state index is -0.359. The highest BCUT2D eigenvalue weighted by Crippen LogP contribution is 2.22. The summed E-state index contributed by atoms with van der Waals surface area (Å²) in [5, 5.41) is 16.4. The van der Waals surface area contributed by atoms with E-state index in [1.807, 2.05) is 32.8 Å². The Morgan fingerprint density at radius 1 is 1.50 bits per heavy atom. The van der Waals surface area contributed by atoms with Crippen LogP contribution in [0.25, 0.3) is 0 Å². The molecule has 0 aromatic carbocycles. The van der Waals surface area contributed by atoms with Gasteiger partial charge in [-0.2, -0.15) is 5.10 Å². The van der Waals surface area contributed by atoms with Gasteiger partial charge in [-0.3, -0.25) is 4.79 Å². The molecule has 0 unspecified atom stereocenters. The first kappa shape index (κ1) is 16.9. The first-order valence-corrected chi connectivity index (χ1v) is 6.94. The van der Waals surface area contributed by atoms with Crippen molar-refractivity contribution >= 4 is 17.3 Å². The third-order valence-electron chi connectivity index (χ3n) is 2.95. The van der Waals surface area contributed by atoms with E-state index in [1.165, 1.54) is 4.68 Å². The van der Waals surface area contributed by atoms with E-state index in [0.29, 0.717) is 25.2 Å². The molecule has 0 radical (unpaired) electrons. The van der Waals surface area contributed by atoms with Gasteiger partial charge >= 0.3 is 0 Å². The summed E-state index contributed by atoms with van der Waals surface area (Å²) < 4.78 is 1.35. The molecule has 1 heterocycles. The van der Waals surface area contributed by atoms with Crippen molar-refractivity contribution in [2.45, 2.75) is 32.4 Å². The van der Waals surface area contributed by atoms with Gasteiger partial charge < -0.3 is 15.3 Å². The van der Waals surface area contributed by atoms with Gasteiger partial charge in [0.2, 0.25) is 0 Å². The van der Waals surface area contributed by atoms with Crippen LogP contribution in [0.4, 0.5) is 5.69 Å². The summed E-state index contributed by atoms with van der Waals surface area (Å²) in [7, 11) is 3.86. The van der Waals surface area contributed by atoms with Crippen molar-refractivity contribution in [3.63, 3.8) is 0 Å². The Bertz CT molecular complexity index is 500. The molecule has 0 amide bonds. The molecule has 0 fully saturated rings. The van der Waals surface area contributed by atoms with E-state index in [-0.39, 0.29) is 22.7 Å². The standard InChI is InChI=1S/C13H23ClN4O2/c1-13(2,5-8-19)16-10-9-15-18(7-6-17(3)4)12(20)11(10)14/h9,16,19H,5-8H2,1-4H3. The second-order valence-corrected chi connectivity index (χ2v) is 6.06. The zero-order valence-electron chi connectivity index (χ0n) is 12.5. The molecule has 0 saturated heterocycles. The molecule has 6 nitrogen and oxygen atoms in total. The van der Waals surface area contributed by atoms with Gasteiger partial charge in [-0.25, -0.2) is 4.68 Å². The fourth-order valence-electron chi connectivity index (χ4n) is 1.71. The van der Waals surface area contributed by atoms with Gasteiger partial charge in [0.1, 0.15) is 5.02 Å². The van der Waals surface area contributed by atoms with Crippen molar-refractivity contribution in [3.05, 3.63) is 21.6 Å². The number of likely N-dealkylation sites (N-methyl/N-ethyl adjacent to an activating group) is 1. The summed E-state index contributed by atoms with van der Waals surface area (Å²) >= 11 is 6.11. The third kappa shape index (κ3) is 4.77. The maximum absolute atomic E-state index is 12.1. The number of aliphatic hydroxyl groups is 1. The minimum absolute atomic E-state index is 0.0605. The Hall–Kier alpha value is -1.11. The smallest absolute Gasteiger partial charge is 0.287 e. The molecule has 114 valence electrons. The normalized spacial score (nSPS) is 11.9. The Kier molecular flexibility index (Phi) is 5.98. The largest absolute Gasteiger partial charge is 0.396 e. The molecule has 0 aliphatic heterocycles. The second kappa shape index (κ2) is 7.06. The van der Waals surface area contributed by atoms with Crippen LogP contribution in [0, 0.1) is 0 Å². The molecule has 0 spiro atoms. The topological polar surface area (TPSA) is 70.4 Å². The van der Waals surface area contributed by atoms with Gasteiger partial charge in [0.15, 0.2) is 0 Å². The van der Waals surface area contributed by atoms with E-state index in [0.717, 1.165) is 0 Å². The summed E-state index contributed by atoms with van der Waals surface area (Å²) in [4.78, 5) is 14.1. The number of nitrogens with one attached hydrogen (secondary N) is 1. The van der Waals surface area contributed by atoms with Gasteiger partial charge in [0, 0.05) is 18.7 Å². The molecule has 0 atom stereocenters. The number of hydrogen-bond acceptors (Lipinski definition) is 5. The molecular formula is C13H23ClN4O2. The number of hydrogen-bond donors (Lipinski definition) is 2. The van der Waals surface area contributed by atoms with Crippen molar-refractivity contribution in [1.82, 2.24) is 14.7 Å². The average Bonchev–Trinajstić information content (AvgIpc) is 2.33. The minimum Gasteiger partial charge on any atom is -0.396 e. The molecule has 1 aromatic heterocycles. The summed E-state index contributed by atoms with van der Waals surface area (Å²) in [5.41, 5.74) is -0.169. The Morgan fingerprint density at radius 2 is 2.15 bits per heavy atom. The zero-order chi connectivity index (χ0) is 15.3. The number of aromatic nitrogens is 2. The lowest BCUT2D eigenvalue weighted by molar-refractivity contribution is 0.261. The lowest BCUT2D eigenvalue weighted by Gasteiger charge is -2.27. The van der Waals surface area contributed by atoms with Gasteiger partial charge in [-0.15, -0.1) is 0 Å². The summed E-state index contributed by atoms with van der Waals surface area (Å²) in [5.74, 6) is 0. The van der Waals surface area contributed by atoms with Crippen LogP contribution >= 0.6 is 11.6 Å². The van der Waals surface area contributed by atoms with Crippen LogP contribution in [0.5, 0.6) is 0 Å². The van der Waals surface area contributed by atoms with Crippen LogP contribution in [0.1, 0.15) is 20.3 Å². The zero-order valence-corrected chi connectivity index (χ0v) is 13.2. The average molecular weight is 303 g/mol. The highest BCUT2D eigenvalue weighted by Gasteiger charge is 2.19. The Morgan fingerprint density at radius 3 is 2.70 bits per heavy atom. The summed E-state index contributed by atoms with van der Waals surface area (Å²) in [6, 6.07) is 0. The summed E-state index contributed by atoms with van der Waals surface area (Å²) in [6.07, 6.45) is 2.10. The predicted octanol–water partition coefficient (Wildman–Crippen LogP) is 1.03. The summed E-state index contributed by atoms with van der Waals surface area (Å²) in [6.45, 7) is 5.12. The lowest BCUT2D eigenvalue weighted by atomic mass is 10.0. The van der Waals surface area contributed by atoms with Gasteiger partial charge in [-0.1, -0.05) is 11.6 Å². The van der Waals surface area contributed by atoms with Gasteiger partial charge in [-0.05, 0) is 34.4 Å². The molecular weight excluding hydrogens is 280 g/mol. The lowest BCUT2D eigenvalue weighted by Crippen LogP contribution is -2.34. The SMILES string of the molecule is CN(C)CCn1ncc(NC(C)(C)CCO)c(Cl)c1=O. The number of rotatable bonds is 7. The fraction of sp³-hybridized carbons (Fsp3) is 0.692. The highest BCUT2D eigenvalue weighted by atomic mass is 35.5. The van der Waals surface area contributed by atoms with E-state index < -0.39 is 0 Å². The first-order chi connectivity index (χ1) is 9.26. The van der Waals surface area contributed by atoms with Crippen molar-refractivity contribution in [3.8, 4) is 0 Å². The highest BCUT2D eigenvalue weighted by molar-refractivity contribution is 6.32.